The van der Waals surface area contributed by atoms with Gasteiger partial charge in [0.15, 0.2) is 0 Å². The van der Waals surface area contributed by atoms with Gasteiger partial charge in [0.2, 0.25) is 5.91 Å². The highest BCUT2D eigenvalue weighted by Gasteiger charge is 2.14. The third kappa shape index (κ3) is 5.35. The Morgan fingerprint density at radius 3 is 2.53 bits per heavy atom. The second-order valence-electron chi connectivity index (χ2n) is 5.45. The van der Waals surface area contributed by atoms with E-state index in [2.05, 4.69) is 21.2 Å². The molecular formula is C16H22BrNO. The number of halogens is 1. The third-order valence-electron chi connectivity index (χ3n) is 3.91. The Morgan fingerprint density at radius 2 is 1.84 bits per heavy atom. The van der Waals surface area contributed by atoms with E-state index in [1.54, 1.807) is 0 Å². The van der Waals surface area contributed by atoms with Gasteiger partial charge in [-0.3, -0.25) is 4.79 Å². The predicted molar refractivity (Wildman–Crippen MR) is 81.8 cm³/mol. The minimum absolute atomic E-state index is 0.188. The zero-order valence-corrected chi connectivity index (χ0v) is 12.9. The van der Waals surface area contributed by atoms with Gasteiger partial charge in [0.05, 0.1) is 0 Å². The van der Waals surface area contributed by atoms with E-state index >= 15 is 0 Å². The number of amides is 1. The molecule has 0 unspecified atom stereocenters. The molecule has 1 aromatic carbocycles. The van der Waals surface area contributed by atoms with Crippen LogP contribution in [-0.4, -0.2) is 5.91 Å². The second-order valence-corrected chi connectivity index (χ2v) is 6.36. The molecule has 0 saturated heterocycles. The standard InChI is InChI=1S/C16H22BrNO/c17-15-9-6-14(7-10-15)12-18-16(19)11-8-13-4-2-1-3-5-13/h6-7,9-10,13H,1-5,8,11-12H2,(H,18,19). The van der Waals surface area contributed by atoms with Crippen LogP contribution in [0.1, 0.15) is 50.5 Å². The summed E-state index contributed by atoms with van der Waals surface area (Å²) in [6.45, 7) is 0.636. The summed E-state index contributed by atoms with van der Waals surface area (Å²) in [6.07, 6.45) is 8.47. The Labute approximate surface area is 124 Å². The number of rotatable bonds is 5. The molecule has 1 fully saturated rings. The molecule has 2 rings (SSSR count). The molecule has 3 heteroatoms. The largest absolute Gasteiger partial charge is 0.352 e. The average molecular weight is 324 g/mol. The SMILES string of the molecule is O=C(CCC1CCCCC1)NCc1ccc(Br)cc1. The van der Waals surface area contributed by atoms with Crippen molar-refractivity contribution in [2.45, 2.75) is 51.5 Å². The van der Waals surface area contributed by atoms with Gasteiger partial charge in [0.25, 0.3) is 0 Å². The number of carbonyl (C=O) groups is 1. The second kappa shape index (κ2) is 7.68. The molecule has 0 radical (unpaired) electrons. The van der Waals surface area contributed by atoms with Crippen LogP contribution in [0.2, 0.25) is 0 Å². The van der Waals surface area contributed by atoms with Crippen LogP contribution >= 0.6 is 15.9 Å². The van der Waals surface area contributed by atoms with E-state index in [4.69, 9.17) is 0 Å². The zero-order valence-electron chi connectivity index (χ0n) is 11.3. The van der Waals surface area contributed by atoms with Gasteiger partial charge in [0, 0.05) is 17.4 Å². The van der Waals surface area contributed by atoms with Crippen molar-refractivity contribution in [1.29, 1.82) is 0 Å². The first-order chi connectivity index (χ1) is 9.24. The quantitative estimate of drug-likeness (QED) is 0.853. The fraction of sp³-hybridized carbons (Fsp3) is 0.562. The number of carbonyl (C=O) groups excluding carboxylic acids is 1. The molecule has 1 aliphatic rings. The molecule has 0 atom stereocenters. The van der Waals surface area contributed by atoms with Gasteiger partial charge in [-0.15, -0.1) is 0 Å². The van der Waals surface area contributed by atoms with Crippen LogP contribution in [0, 0.1) is 5.92 Å². The van der Waals surface area contributed by atoms with Gasteiger partial charge in [-0.2, -0.15) is 0 Å². The van der Waals surface area contributed by atoms with Crippen LogP contribution in [-0.2, 0) is 11.3 Å². The lowest BCUT2D eigenvalue weighted by atomic mass is 9.86. The minimum atomic E-state index is 0.188. The highest BCUT2D eigenvalue weighted by Crippen LogP contribution is 2.27. The number of nitrogens with one attached hydrogen (secondary N) is 1. The maximum Gasteiger partial charge on any atom is 0.220 e. The monoisotopic (exact) mass is 323 g/mol. The molecule has 0 heterocycles. The highest BCUT2D eigenvalue weighted by atomic mass is 79.9. The molecule has 1 aliphatic carbocycles. The lowest BCUT2D eigenvalue weighted by Gasteiger charge is -2.20. The maximum absolute atomic E-state index is 11.8. The molecule has 0 bridgehead atoms. The molecule has 1 saturated carbocycles. The fourth-order valence-corrected chi connectivity index (χ4v) is 2.97. The molecule has 1 aromatic rings. The van der Waals surface area contributed by atoms with Crippen LogP contribution in [0.15, 0.2) is 28.7 Å². The zero-order chi connectivity index (χ0) is 13.5. The topological polar surface area (TPSA) is 29.1 Å². The van der Waals surface area contributed by atoms with E-state index < -0.39 is 0 Å². The summed E-state index contributed by atoms with van der Waals surface area (Å²) in [4.78, 5) is 11.8. The first-order valence-electron chi connectivity index (χ1n) is 7.25. The first-order valence-corrected chi connectivity index (χ1v) is 8.04. The number of hydrogen-bond donors (Lipinski definition) is 1. The van der Waals surface area contributed by atoms with E-state index in [9.17, 15) is 4.79 Å². The van der Waals surface area contributed by atoms with Crippen molar-refractivity contribution in [3.63, 3.8) is 0 Å². The number of hydrogen-bond acceptors (Lipinski definition) is 1. The van der Waals surface area contributed by atoms with E-state index in [0.717, 1.165) is 22.4 Å². The van der Waals surface area contributed by atoms with Crippen molar-refractivity contribution in [2.24, 2.45) is 5.92 Å². The summed E-state index contributed by atoms with van der Waals surface area (Å²) < 4.78 is 1.07. The summed E-state index contributed by atoms with van der Waals surface area (Å²) >= 11 is 3.41. The Kier molecular flexibility index (Phi) is 5.90. The maximum atomic E-state index is 11.8. The van der Waals surface area contributed by atoms with E-state index in [-0.39, 0.29) is 5.91 Å². The third-order valence-corrected chi connectivity index (χ3v) is 4.44. The summed E-state index contributed by atoms with van der Waals surface area (Å²) in [6, 6.07) is 8.07. The smallest absolute Gasteiger partial charge is 0.220 e. The van der Waals surface area contributed by atoms with E-state index in [0.29, 0.717) is 13.0 Å². The summed E-state index contributed by atoms with van der Waals surface area (Å²) in [5, 5.41) is 3.00. The molecule has 2 nitrogen and oxygen atoms in total. The molecule has 0 aromatic heterocycles. The molecule has 104 valence electrons. The lowest BCUT2D eigenvalue weighted by Crippen LogP contribution is -2.23. The van der Waals surface area contributed by atoms with E-state index in [1.165, 1.54) is 32.1 Å². The average Bonchev–Trinajstić information content (AvgIpc) is 2.45. The van der Waals surface area contributed by atoms with Gasteiger partial charge in [-0.25, -0.2) is 0 Å². The van der Waals surface area contributed by atoms with Gasteiger partial charge in [0.1, 0.15) is 0 Å². The van der Waals surface area contributed by atoms with Crippen molar-refractivity contribution in [2.75, 3.05) is 0 Å². The van der Waals surface area contributed by atoms with Crippen molar-refractivity contribution >= 4 is 21.8 Å². The van der Waals surface area contributed by atoms with Gasteiger partial charge < -0.3 is 5.32 Å². The van der Waals surface area contributed by atoms with Gasteiger partial charge in [-0.05, 0) is 30.0 Å². The first kappa shape index (κ1) is 14.6. The van der Waals surface area contributed by atoms with Crippen LogP contribution in [0.5, 0.6) is 0 Å². The van der Waals surface area contributed by atoms with Crippen molar-refractivity contribution in [3.05, 3.63) is 34.3 Å². The van der Waals surface area contributed by atoms with E-state index in [1.807, 2.05) is 24.3 Å². The van der Waals surface area contributed by atoms with Crippen molar-refractivity contribution < 1.29 is 4.79 Å². The molecule has 1 amide bonds. The van der Waals surface area contributed by atoms with Crippen LogP contribution in [0.4, 0.5) is 0 Å². The molecule has 0 spiro atoms. The summed E-state index contributed by atoms with van der Waals surface area (Å²) in [7, 11) is 0. The van der Waals surface area contributed by atoms with Crippen LogP contribution in [0.3, 0.4) is 0 Å². The van der Waals surface area contributed by atoms with Crippen molar-refractivity contribution in [3.8, 4) is 0 Å². The van der Waals surface area contributed by atoms with Gasteiger partial charge >= 0.3 is 0 Å². The molecular weight excluding hydrogens is 302 g/mol. The van der Waals surface area contributed by atoms with Crippen molar-refractivity contribution in [1.82, 2.24) is 5.32 Å². The minimum Gasteiger partial charge on any atom is -0.352 e. The molecule has 1 N–H and O–H groups in total. The molecule has 0 aliphatic heterocycles. The normalized spacial score (nSPS) is 16.3. The van der Waals surface area contributed by atoms with Gasteiger partial charge in [-0.1, -0.05) is 60.2 Å². The Balaban J connectivity index is 1.65. The molecule has 19 heavy (non-hydrogen) atoms. The summed E-state index contributed by atoms with van der Waals surface area (Å²) in [5.41, 5.74) is 1.15. The Bertz CT molecular complexity index is 396. The Hall–Kier alpha value is -0.830. The van der Waals surface area contributed by atoms with Crippen LogP contribution in [0.25, 0.3) is 0 Å². The lowest BCUT2D eigenvalue weighted by molar-refractivity contribution is -0.121. The number of benzene rings is 1. The predicted octanol–water partition coefficient (Wildman–Crippen LogP) is 4.43. The Morgan fingerprint density at radius 1 is 1.16 bits per heavy atom. The van der Waals surface area contributed by atoms with Crippen LogP contribution < -0.4 is 5.32 Å². The summed E-state index contributed by atoms with van der Waals surface area (Å²) in [5.74, 6) is 0.973. The highest BCUT2D eigenvalue weighted by molar-refractivity contribution is 9.10. The fourth-order valence-electron chi connectivity index (χ4n) is 2.70.